The van der Waals surface area contributed by atoms with Crippen molar-refractivity contribution < 1.29 is 14.3 Å². The van der Waals surface area contributed by atoms with E-state index in [-0.39, 0.29) is 18.6 Å². The summed E-state index contributed by atoms with van der Waals surface area (Å²) < 4.78 is 11.3. The third-order valence-electron chi connectivity index (χ3n) is 4.05. The largest absolute Gasteiger partial charge is 0.485 e. The van der Waals surface area contributed by atoms with Crippen LogP contribution in [0.15, 0.2) is 42.5 Å². The third kappa shape index (κ3) is 3.31. The summed E-state index contributed by atoms with van der Waals surface area (Å²) in [6.45, 7) is 6.32. The summed E-state index contributed by atoms with van der Waals surface area (Å²) in [5.41, 5.74) is 3.50. The number of hydrogen-bond donors (Lipinski definition) is 1. The molecule has 1 heterocycles. The second-order valence-electron chi connectivity index (χ2n) is 5.95. The SMILES string of the molecule is Cc1ccc([C@@H](C)NC(=O)[C@@H]2COc3ccccc3O2)c(C)c1. The van der Waals surface area contributed by atoms with Gasteiger partial charge in [-0.1, -0.05) is 35.9 Å². The molecular formula is C19H21NO3. The monoisotopic (exact) mass is 311 g/mol. The number of carbonyl (C=O) groups is 1. The van der Waals surface area contributed by atoms with Crippen molar-refractivity contribution >= 4 is 5.91 Å². The van der Waals surface area contributed by atoms with Crippen molar-refractivity contribution in [1.82, 2.24) is 5.32 Å². The highest BCUT2D eigenvalue weighted by atomic mass is 16.6. The van der Waals surface area contributed by atoms with Crippen LogP contribution < -0.4 is 14.8 Å². The second-order valence-corrected chi connectivity index (χ2v) is 5.95. The lowest BCUT2D eigenvalue weighted by atomic mass is 10.00. The number of hydrogen-bond acceptors (Lipinski definition) is 3. The van der Waals surface area contributed by atoms with Crippen molar-refractivity contribution in [3.8, 4) is 11.5 Å². The van der Waals surface area contributed by atoms with E-state index in [2.05, 4.69) is 37.4 Å². The number of para-hydroxylation sites is 2. The topological polar surface area (TPSA) is 47.6 Å². The summed E-state index contributed by atoms with van der Waals surface area (Å²) in [4.78, 5) is 12.5. The van der Waals surface area contributed by atoms with Gasteiger partial charge in [-0.05, 0) is 44.0 Å². The van der Waals surface area contributed by atoms with Crippen molar-refractivity contribution in [1.29, 1.82) is 0 Å². The fourth-order valence-electron chi connectivity index (χ4n) is 2.84. The maximum atomic E-state index is 12.5. The van der Waals surface area contributed by atoms with Gasteiger partial charge in [0, 0.05) is 0 Å². The molecule has 1 aliphatic heterocycles. The van der Waals surface area contributed by atoms with Gasteiger partial charge in [-0.2, -0.15) is 0 Å². The molecule has 4 heteroatoms. The number of carbonyl (C=O) groups excluding carboxylic acids is 1. The van der Waals surface area contributed by atoms with E-state index in [1.165, 1.54) is 11.1 Å². The molecule has 2 aromatic rings. The summed E-state index contributed by atoms with van der Waals surface area (Å²) in [6, 6.07) is 13.5. The van der Waals surface area contributed by atoms with E-state index in [0.717, 1.165) is 5.56 Å². The Morgan fingerprint density at radius 1 is 1.17 bits per heavy atom. The summed E-state index contributed by atoms with van der Waals surface area (Å²) in [6.07, 6.45) is -0.627. The zero-order chi connectivity index (χ0) is 16.4. The van der Waals surface area contributed by atoms with Crippen LogP contribution in [0.3, 0.4) is 0 Å². The Morgan fingerprint density at radius 3 is 2.65 bits per heavy atom. The molecule has 4 nitrogen and oxygen atoms in total. The average molecular weight is 311 g/mol. The summed E-state index contributed by atoms with van der Waals surface area (Å²) in [5, 5.41) is 3.01. The molecule has 1 aliphatic rings. The summed E-state index contributed by atoms with van der Waals surface area (Å²) in [5.74, 6) is 1.13. The van der Waals surface area contributed by atoms with Gasteiger partial charge in [-0.25, -0.2) is 0 Å². The molecule has 2 aromatic carbocycles. The highest BCUT2D eigenvalue weighted by molar-refractivity contribution is 5.82. The average Bonchev–Trinajstić information content (AvgIpc) is 2.54. The van der Waals surface area contributed by atoms with E-state index in [1.807, 2.05) is 31.2 Å². The molecule has 2 atom stereocenters. The quantitative estimate of drug-likeness (QED) is 0.946. The lowest BCUT2D eigenvalue weighted by Crippen LogP contribution is -2.44. The van der Waals surface area contributed by atoms with Gasteiger partial charge in [0.25, 0.3) is 5.91 Å². The predicted molar refractivity (Wildman–Crippen MR) is 88.8 cm³/mol. The van der Waals surface area contributed by atoms with Crippen molar-refractivity contribution in [2.75, 3.05) is 6.61 Å². The van der Waals surface area contributed by atoms with E-state index in [9.17, 15) is 4.79 Å². The molecule has 1 amide bonds. The van der Waals surface area contributed by atoms with E-state index >= 15 is 0 Å². The number of ether oxygens (including phenoxy) is 2. The van der Waals surface area contributed by atoms with Crippen molar-refractivity contribution in [3.63, 3.8) is 0 Å². The van der Waals surface area contributed by atoms with Crippen LogP contribution in [0.2, 0.25) is 0 Å². The molecule has 23 heavy (non-hydrogen) atoms. The number of rotatable bonds is 3. The van der Waals surface area contributed by atoms with Gasteiger partial charge in [0.15, 0.2) is 11.5 Å². The molecule has 0 spiro atoms. The standard InChI is InChI=1S/C19H21NO3/c1-12-8-9-15(13(2)10-12)14(3)20-19(21)18-11-22-16-6-4-5-7-17(16)23-18/h4-10,14,18H,11H2,1-3H3,(H,20,21)/t14-,18+/m1/s1. The van der Waals surface area contributed by atoms with Gasteiger partial charge >= 0.3 is 0 Å². The van der Waals surface area contributed by atoms with Gasteiger partial charge in [0.2, 0.25) is 6.10 Å². The minimum absolute atomic E-state index is 0.0797. The van der Waals surface area contributed by atoms with Gasteiger partial charge in [0.05, 0.1) is 6.04 Å². The molecule has 0 bridgehead atoms. The highest BCUT2D eigenvalue weighted by Crippen LogP contribution is 2.31. The Balaban J connectivity index is 1.68. The van der Waals surface area contributed by atoms with Crippen LogP contribution in [0.1, 0.15) is 29.7 Å². The van der Waals surface area contributed by atoms with Crippen molar-refractivity contribution in [2.24, 2.45) is 0 Å². The highest BCUT2D eigenvalue weighted by Gasteiger charge is 2.28. The number of fused-ring (bicyclic) bond motifs is 1. The van der Waals surface area contributed by atoms with Crippen LogP contribution in [0.5, 0.6) is 11.5 Å². The van der Waals surface area contributed by atoms with Crippen LogP contribution in [-0.2, 0) is 4.79 Å². The van der Waals surface area contributed by atoms with E-state index in [4.69, 9.17) is 9.47 Å². The summed E-state index contributed by atoms with van der Waals surface area (Å²) >= 11 is 0. The number of amides is 1. The Morgan fingerprint density at radius 2 is 1.91 bits per heavy atom. The Labute approximate surface area is 136 Å². The van der Waals surface area contributed by atoms with E-state index in [0.29, 0.717) is 11.5 Å². The third-order valence-corrected chi connectivity index (χ3v) is 4.05. The van der Waals surface area contributed by atoms with Gasteiger partial charge < -0.3 is 14.8 Å². The number of aryl methyl sites for hydroxylation is 2. The summed E-state index contributed by atoms with van der Waals surface area (Å²) in [7, 11) is 0. The molecule has 0 aromatic heterocycles. The molecule has 0 radical (unpaired) electrons. The zero-order valence-corrected chi connectivity index (χ0v) is 13.6. The van der Waals surface area contributed by atoms with E-state index < -0.39 is 6.10 Å². The predicted octanol–water partition coefficient (Wildman–Crippen LogP) is 3.32. The van der Waals surface area contributed by atoms with E-state index in [1.54, 1.807) is 0 Å². The van der Waals surface area contributed by atoms with Crippen molar-refractivity contribution in [2.45, 2.75) is 32.9 Å². The first kappa shape index (κ1) is 15.4. The zero-order valence-electron chi connectivity index (χ0n) is 13.6. The fraction of sp³-hybridized carbons (Fsp3) is 0.316. The van der Waals surface area contributed by atoms with Gasteiger partial charge in [-0.15, -0.1) is 0 Å². The minimum Gasteiger partial charge on any atom is -0.485 e. The normalized spacial score (nSPS) is 17.4. The van der Waals surface area contributed by atoms with Crippen LogP contribution in [0.4, 0.5) is 0 Å². The second kappa shape index (κ2) is 6.32. The molecule has 120 valence electrons. The van der Waals surface area contributed by atoms with Crippen LogP contribution >= 0.6 is 0 Å². The molecule has 0 saturated heterocycles. The number of nitrogens with one attached hydrogen (secondary N) is 1. The Kier molecular flexibility index (Phi) is 4.24. The molecule has 1 N–H and O–H groups in total. The molecule has 0 unspecified atom stereocenters. The Hall–Kier alpha value is -2.49. The van der Waals surface area contributed by atoms with Crippen LogP contribution in [-0.4, -0.2) is 18.6 Å². The first-order valence-corrected chi connectivity index (χ1v) is 7.80. The molecule has 3 rings (SSSR count). The molecular weight excluding hydrogens is 290 g/mol. The van der Waals surface area contributed by atoms with Crippen molar-refractivity contribution in [3.05, 3.63) is 59.2 Å². The van der Waals surface area contributed by atoms with Crippen LogP contribution in [0, 0.1) is 13.8 Å². The number of benzene rings is 2. The minimum atomic E-state index is -0.627. The smallest absolute Gasteiger partial charge is 0.265 e. The molecule has 0 aliphatic carbocycles. The maximum Gasteiger partial charge on any atom is 0.265 e. The molecule has 0 fully saturated rings. The first-order valence-electron chi connectivity index (χ1n) is 7.80. The Bertz CT molecular complexity index is 726. The van der Waals surface area contributed by atoms with Gasteiger partial charge in [-0.3, -0.25) is 4.79 Å². The lowest BCUT2D eigenvalue weighted by molar-refractivity contribution is -0.131. The fourth-order valence-corrected chi connectivity index (χ4v) is 2.84. The van der Waals surface area contributed by atoms with Gasteiger partial charge in [0.1, 0.15) is 6.61 Å². The first-order chi connectivity index (χ1) is 11.0. The maximum absolute atomic E-state index is 12.5. The van der Waals surface area contributed by atoms with Crippen LogP contribution in [0.25, 0.3) is 0 Å². The lowest BCUT2D eigenvalue weighted by Gasteiger charge is -2.27. The molecule has 0 saturated carbocycles.